The maximum atomic E-state index is 13.7. The van der Waals surface area contributed by atoms with Crippen LogP contribution in [0, 0.1) is 11.7 Å². The molecule has 3 atom stereocenters. The van der Waals surface area contributed by atoms with Crippen molar-refractivity contribution in [2.75, 3.05) is 13.7 Å². The monoisotopic (exact) mass is 327 g/mol. The minimum absolute atomic E-state index is 0.0368. The summed E-state index contributed by atoms with van der Waals surface area (Å²) in [5.74, 6) is -0.369. The van der Waals surface area contributed by atoms with Crippen LogP contribution in [0.25, 0.3) is 0 Å². The van der Waals surface area contributed by atoms with Gasteiger partial charge in [0.25, 0.3) is 0 Å². The molecule has 1 saturated carbocycles. The lowest BCUT2D eigenvalue weighted by atomic mass is 10.00. The Kier molecular flexibility index (Phi) is 4.66. The number of ether oxygens (including phenoxy) is 2. The van der Waals surface area contributed by atoms with E-state index >= 15 is 0 Å². The molecule has 0 spiro atoms. The van der Waals surface area contributed by atoms with Crippen molar-refractivity contribution < 1.29 is 18.7 Å². The van der Waals surface area contributed by atoms with E-state index < -0.39 is 5.82 Å². The fourth-order valence-corrected chi connectivity index (χ4v) is 3.08. The van der Waals surface area contributed by atoms with E-state index in [1.54, 1.807) is 6.07 Å². The summed E-state index contributed by atoms with van der Waals surface area (Å²) in [5.41, 5.74) is 0.733. The first-order chi connectivity index (χ1) is 10.6. The van der Waals surface area contributed by atoms with Gasteiger partial charge in [0.05, 0.1) is 18.2 Å². The zero-order valence-corrected chi connectivity index (χ0v) is 13.1. The highest BCUT2D eigenvalue weighted by molar-refractivity contribution is 6.30. The van der Waals surface area contributed by atoms with E-state index in [1.807, 2.05) is 0 Å². The van der Waals surface area contributed by atoms with Crippen molar-refractivity contribution in [3.05, 3.63) is 34.6 Å². The number of halogens is 2. The molecule has 0 radical (unpaired) electrons. The first-order valence-electron chi connectivity index (χ1n) is 7.50. The van der Waals surface area contributed by atoms with E-state index in [4.69, 9.17) is 21.1 Å². The Morgan fingerprint density at radius 3 is 2.86 bits per heavy atom. The molecule has 22 heavy (non-hydrogen) atoms. The van der Waals surface area contributed by atoms with Gasteiger partial charge in [0, 0.05) is 12.6 Å². The SMILES string of the molecule is COC(=O)C(N[C@@H]1CCO[C@H]1c1ccc(Cl)c(F)c1)C1CC1. The van der Waals surface area contributed by atoms with Crippen molar-refractivity contribution >= 4 is 17.6 Å². The predicted molar refractivity (Wildman–Crippen MR) is 80.2 cm³/mol. The minimum atomic E-state index is -0.458. The summed E-state index contributed by atoms with van der Waals surface area (Å²) >= 11 is 5.73. The van der Waals surface area contributed by atoms with Gasteiger partial charge in [-0.25, -0.2) is 4.39 Å². The fraction of sp³-hybridized carbons (Fsp3) is 0.562. The lowest BCUT2D eigenvalue weighted by molar-refractivity contribution is -0.144. The quantitative estimate of drug-likeness (QED) is 0.845. The Labute approximate surface area is 133 Å². The summed E-state index contributed by atoms with van der Waals surface area (Å²) in [5, 5.41) is 3.45. The number of carbonyl (C=O) groups is 1. The van der Waals surface area contributed by atoms with Crippen LogP contribution in [0.2, 0.25) is 5.02 Å². The molecule has 1 unspecified atom stereocenters. The Balaban J connectivity index is 1.74. The van der Waals surface area contributed by atoms with Gasteiger partial charge in [0.1, 0.15) is 11.9 Å². The zero-order chi connectivity index (χ0) is 15.7. The molecule has 0 aromatic heterocycles. The van der Waals surface area contributed by atoms with Crippen LogP contribution in [0.3, 0.4) is 0 Å². The highest BCUT2D eigenvalue weighted by Crippen LogP contribution is 2.36. The van der Waals surface area contributed by atoms with Gasteiger partial charge in [-0.1, -0.05) is 17.7 Å². The third kappa shape index (κ3) is 3.26. The summed E-state index contributed by atoms with van der Waals surface area (Å²) in [6, 6.07) is 4.35. The number of hydrogen-bond donors (Lipinski definition) is 1. The molecule has 1 aromatic rings. The molecule has 0 amide bonds. The second-order valence-corrected chi connectivity index (χ2v) is 6.27. The molecule has 120 valence electrons. The maximum Gasteiger partial charge on any atom is 0.323 e. The van der Waals surface area contributed by atoms with Crippen LogP contribution in [-0.4, -0.2) is 31.8 Å². The van der Waals surface area contributed by atoms with Crippen LogP contribution in [0.4, 0.5) is 4.39 Å². The average Bonchev–Trinajstić information content (AvgIpc) is 3.25. The summed E-state index contributed by atoms with van der Waals surface area (Å²) in [7, 11) is 1.40. The fourth-order valence-electron chi connectivity index (χ4n) is 2.96. The van der Waals surface area contributed by atoms with Crippen LogP contribution in [0.1, 0.15) is 30.9 Å². The number of methoxy groups -OCH3 is 1. The molecule has 6 heteroatoms. The largest absolute Gasteiger partial charge is 0.468 e. The number of hydrogen-bond acceptors (Lipinski definition) is 4. The van der Waals surface area contributed by atoms with Gasteiger partial charge >= 0.3 is 5.97 Å². The predicted octanol–water partition coefficient (Wildman–Crippen LogP) is 2.85. The summed E-state index contributed by atoms with van der Waals surface area (Å²) < 4.78 is 24.3. The highest BCUT2D eigenvalue weighted by Gasteiger charge is 2.41. The molecule has 1 saturated heterocycles. The van der Waals surface area contributed by atoms with Crippen molar-refractivity contribution in [3.63, 3.8) is 0 Å². The normalized spacial score (nSPS) is 26.0. The second kappa shape index (κ2) is 6.52. The molecule has 1 aromatic carbocycles. The van der Waals surface area contributed by atoms with Crippen molar-refractivity contribution in [3.8, 4) is 0 Å². The van der Waals surface area contributed by atoms with Gasteiger partial charge < -0.3 is 9.47 Å². The Morgan fingerprint density at radius 1 is 1.45 bits per heavy atom. The van der Waals surface area contributed by atoms with E-state index in [0.717, 1.165) is 24.8 Å². The molecule has 2 aliphatic rings. The molecule has 4 nitrogen and oxygen atoms in total. The van der Waals surface area contributed by atoms with Crippen LogP contribution in [0.5, 0.6) is 0 Å². The van der Waals surface area contributed by atoms with E-state index in [-0.39, 0.29) is 29.2 Å². The summed E-state index contributed by atoms with van der Waals surface area (Å²) in [6.07, 6.45) is 2.55. The number of rotatable bonds is 5. The van der Waals surface area contributed by atoms with Gasteiger partial charge in [0.15, 0.2) is 0 Å². The number of benzene rings is 1. The van der Waals surface area contributed by atoms with Gasteiger partial charge in [-0.3, -0.25) is 10.1 Å². The van der Waals surface area contributed by atoms with Crippen molar-refractivity contribution in [1.82, 2.24) is 5.32 Å². The molecule has 1 aliphatic carbocycles. The van der Waals surface area contributed by atoms with Crippen molar-refractivity contribution in [1.29, 1.82) is 0 Å². The van der Waals surface area contributed by atoms with Gasteiger partial charge in [0.2, 0.25) is 0 Å². The summed E-state index contributed by atoms with van der Waals surface area (Å²) in [4.78, 5) is 11.9. The van der Waals surface area contributed by atoms with Gasteiger partial charge in [-0.05, 0) is 42.9 Å². The number of esters is 1. The van der Waals surface area contributed by atoms with Crippen LogP contribution in [0.15, 0.2) is 18.2 Å². The third-order valence-electron chi connectivity index (χ3n) is 4.31. The summed E-state index contributed by atoms with van der Waals surface area (Å²) in [6.45, 7) is 0.575. The van der Waals surface area contributed by atoms with Gasteiger partial charge in [-0.2, -0.15) is 0 Å². The Hall–Kier alpha value is -1.17. The van der Waals surface area contributed by atoms with Crippen LogP contribution >= 0.6 is 11.6 Å². The topological polar surface area (TPSA) is 47.6 Å². The second-order valence-electron chi connectivity index (χ2n) is 5.87. The van der Waals surface area contributed by atoms with Crippen LogP contribution in [-0.2, 0) is 14.3 Å². The number of carbonyl (C=O) groups excluding carboxylic acids is 1. The lowest BCUT2D eigenvalue weighted by Crippen LogP contribution is -2.46. The molecular weight excluding hydrogens is 309 g/mol. The van der Waals surface area contributed by atoms with Crippen molar-refractivity contribution in [2.45, 2.75) is 37.5 Å². The minimum Gasteiger partial charge on any atom is -0.468 e. The average molecular weight is 328 g/mol. The molecule has 1 heterocycles. The maximum absolute atomic E-state index is 13.7. The number of nitrogens with one attached hydrogen (secondary N) is 1. The smallest absolute Gasteiger partial charge is 0.323 e. The van der Waals surface area contributed by atoms with Crippen molar-refractivity contribution in [2.24, 2.45) is 5.92 Å². The molecule has 2 fully saturated rings. The lowest BCUT2D eigenvalue weighted by Gasteiger charge is -2.25. The molecule has 1 N–H and O–H groups in total. The molecule has 1 aliphatic heterocycles. The Bertz CT molecular complexity index is 564. The zero-order valence-electron chi connectivity index (χ0n) is 12.4. The van der Waals surface area contributed by atoms with E-state index in [0.29, 0.717) is 12.5 Å². The van der Waals surface area contributed by atoms with Gasteiger partial charge in [-0.15, -0.1) is 0 Å². The van der Waals surface area contributed by atoms with Crippen LogP contribution < -0.4 is 5.32 Å². The molecular formula is C16H19ClFNO3. The first-order valence-corrected chi connectivity index (χ1v) is 7.88. The molecule has 0 bridgehead atoms. The Morgan fingerprint density at radius 2 is 2.23 bits per heavy atom. The van der Waals surface area contributed by atoms with E-state index in [9.17, 15) is 9.18 Å². The van der Waals surface area contributed by atoms with E-state index in [2.05, 4.69) is 5.32 Å². The molecule has 3 rings (SSSR count). The third-order valence-corrected chi connectivity index (χ3v) is 4.61. The highest BCUT2D eigenvalue weighted by atomic mass is 35.5. The standard InChI is InChI=1S/C16H19ClFNO3/c1-21-16(20)14(9-2-3-9)19-13-6-7-22-15(13)10-4-5-11(17)12(18)8-10/h4-5,8-9,13-15,19H,2-3,6-7H2,1H3/t13-,14?,15+/m1/s1. The first kappa shape index (κ1) is 15.7. The van der Waals surface area contributed by atoms with E-state index in [1.165, 1.54) is 19.2 Å².